The molecule has 0 spiro atoms. The summed E-state index contributed by atoms with van der Waals surface area (Å²) in [4.78, 5) is 15.8. The Kier molecular flexibility index (Phi) is 5.32. The molecule has 1 aromatic heterocycles. The molecular weight excluding hydrogens is 368 g/mol. The number of benzene rings is 3. The van der Waals surface area contributed by atoms with E-state index in [2.05, 4.69) is 80.1 Å². The number of hydrogen-bond acceptors (Lipinski definition) is 4. The van der Waals surface area contributed by atoms with Crippen LogP contribution in [0.1, 0.15) is 16.7 Å². The van der Waals surface area contributed by atoms with Crippen LogP contribution in [0.5, 0.6) is 0 Å². The fourth-order valence-electron chi connectivity index (χ4n) is 4.04. The van der Waals surface area contributed by atoms with Crippen LogP contribution in [0.25, 0.3) is 33.9 Å². The van der Waals surface area contributed by atoms with Gasteiger partial charge in [0.2, 0.25) is 0 Å². The van der Waals surface area contributed by atoms with Gasteiger partial charge in [-0.05, 0) is 60.7 Å². The van der Waals surface area contributed by atoms with E-state index in [-0.39, 0.29) is 0 Å². The lowest BCUT2D eigenvalue weighted by atomic mass is 9.89. The van der Waals surface area contributed by atoms with Crippen molar-refractivity contribution in [2.75, 3.05) is 19.0 Å². The maximum absolute atomic E-state index is 4.81. The molecule has 4 rings (SSSR count). The highest BCUT2D eigenvalue weighted by Crippen LogP contribution is 2.36. The normalized spacial score (nSPS) is 10.8. The van der Waals surface area contributed by atoms with Gasteiger partial charge >= 0.3 is 0 Å². The van der Waals surface area contributed by atoms with Crippen LogP contribution in [0.3, 0.4) is 0 Å². The second-order valence-corrected chi connectivity index (χ2v) is 7.83. The third-order valence-corrected chi connectivity index (χ3v) is 5.47. The molecule has 0 saturated heterocycles. The zero-order valence-electron chi connectivity index (χ0n) is 18.1. The molecule has 0 radical (unpaired) electrons. The Hall–Kier alpha value is -3.53. The summed E-state index contributed by atoms with van der Waals surface area (Å²) in [6.07, 6.45) is 1.61. The van der Waals surface area contributed by atoms with E-state index < -0.39 is 0 Å². The van der Waals surface area contributed by atoms with Crippen LogP contribution in [-0.4, -0.2) is 29.0 Å². The third kappa shape index (κ3) is 3.69. The van der Waals surface area contributed by atoms with Gasteiger partial charge in [-0.2, -0.15) is 0 Å². The molecule has 4 nitrogen and oxygen atoms in total. The van der Waals surface area contributed by atoms with Crippen molar-refractivity contribution in [1.82, 2.24) is 15.0 Å². The van der Waals surface area contributed by atoms with E-state index in [0.717, 1.165) is 11.1 Å². The van der Waals surface area contributed by atoms with Gasteiger partial charge in [-0.15, -0.1) is 0 Å². The number of anilines is 1. The van der Waals surface area contributed by atoms with Gasteiger partial charge in [0.15, 0.2) is 11.6 Å². The third-order valence-electron chi connectivity index (χ3n) is 5.47. The Morgan fingerprint density at radius 3 is 1.97 bits per heavy atom. The molecule has 0 atom stereocenters. The second kappa shape index (κ2) is 8.07. The summed E-state index contributed by atoms with van der Waals surface area (Å²) in [5, 5.41) is 0. The average molecular weight is 395 g/mol. The second-order valence-electron chi connectivity index (χ2n) is 7.83. The summed E-state index contributed by atoms with van der Waals surface area (Å²) in [5.41, 5.74) is 9.31. The van der Waals surface area contributed by atoms with E-state index >= 15 is 0 Å². The Bertz CT molecular complexity index is 1180. The first kappa shape index (κ1) is 19.8. The van der Waals surface area contributed by atoms with E-state index in [0.29, 0.717) is 11.6 Å². The van der Waals surface area contributed by atoms with Crippen molar-refractivity contribution in [1.29, 1.82) is 0 Å². The average Bonchev–Trinajstić information content (AvgIpc) is 2.74. The number of aryl methyl sites for hydroxylation is 2. The fourth-order valence-corrected chi connectivity index (χ4v) is 4.04. The lowest BCUT2D eigenvalue weighted by Crippen LogP contribution is -2.08. The highest BCUT2D eigenvalue weighted by atomic mass is 15.1. The van der Waals surface area contributed by atoms with E-state index in [1.54, 1.807) is 6.33 Å². The molecule has 0 unspecified atom stereocenters. The number of aromatic nitrogens is 3. The summed E-state index contributed by atoms with van der Waals surface area (Å²) in [6.45, 7) is 6.46. The molecule has 0 saturated carbocycles. The monoisotopic (exact) mass is 394 g/mol. The molecule has 4 aromatic rings. The first-order valence-corrected chi connectivity index (χ1v) is 10.1. The summed E-state index contributed by atoms with van der Waals surface area (Å²) < 4.78 is 0. The molecule has 0 fully saturated rings. The zero-order chi connectivity index (χ0) is 21.3. The molecule has 0 aliphatic carbocycles. The molecular formula is C26H26N4. The van der Waals surface area contributed by atoms with Crippen molar-refractivity contribution < 1.29 is 0 Å². The first-order chi connectivity index (χ1) is 14.5. The molecule has 4 heteroatoms. The van der Waals surface area contributed by atoms with Gasteiger partial charge in [-0.25, -0.2) is 15.0 Å². The summed E-state index contributed by atoms with van der Waals surface area (Å²) in [7, 11) is 4.11. The Labute approximate surface area is 178 Å². The van der Waals surface area contributed by atoms with Crippen LogP contribution in [0.2, 0.25) is 0 Å². The van der Waals surface area contributed by atoms with Crippen LogP contribution >= 0.6 is 0 Å². The van der Waals surface area contributed by atoms with Gasteiger partial charge in [0.05, 0.1) is 0 Å². The van der Waals surface area contributed by atoms with Crippen LogP contribution in [-0.2, 0) is 0 Å². The summed E-state index contributed by atoms with van der Waals surface area (Å²) in [6, 6.07) is 20.9. The standard InChI is InChI=1S/C26H26N4/c1-17-15-18(2)24(19(3)23(17)20-11-13-22(14-12-20)30(4)5)26-28-16-27-25(29-26)21-9-7-6-8-10-21/h6-16H,1-5H3. The van der Waals surface area contributed by atoms with E-state index in [1.807, 2.05) is 30.3 Å². The largest absolute Gasteiger partial charge is 0.378 e. The topological polar surface area (TPSA) is 41.9 Å². The van der Waals surface area contributed by atoms with E-state index in [4.69, 9.17) is 4.98 Å². The Balaban J connectivity index is 1.85. The predicted molar refractivity (Wildman–Crippen MR) is 125 cm³/mol. The molecule has 0 N–H and O–H groups in total. The maximum Gasteiger partial charge on any atom is 0.163 e. The highest BCUT2D eigenvalue weighted by molar-refractivity contribution is 5.81. The number of hydrogen-bond donors (Lipinski definition) is 0. The summed E-state index contributed by atoms with van der Waals surface area (Å²) >= 11 is 0. The molecule has 150 valence electrons. The minimum atomic E-state index is 0.692. The van der Waals surface area contributed by atoms with E-state index in [1.165, 1.54) is 33.5 Å². The SMILES string of the molecule is Cc1cc(C)c(-c2ncnc(-c3ccccc3)n2)c(C)c1-c1ccc(N(C)C)cc1. The minimum absolute atomic E-state index is 0.692. The van der Waals surface area contributed by atoms with Crippen LogP contribution in [0.15, 0.2) is 67.0 Å². The lowest BCUT2D eigenvalue weighted by molar-refractivity contribution is 1.06. The zero-order valence-corrected chi connectivity index (χ0v) is 18.1. The number of rotatable bonds is 4. The van der Waals surface area contributed by atoms with Crippen molar-refractivity contribution in [3.63, 3.8) is 0 Å². The summed E-state index contributed by atoms with van der Waals surface area (Å²) in [5.74, 6) is 1.40. The van der Waals surface area contributed by atoms with Crippen molar-refractivity contribution >= 4 is 5.69 Å². The van der Waals surface area contributed by atoms with Gasteiger partial charge in [0, 0.05) is 30.9 Å². The van der Waals surface area contributed by atoms with Crippen LogP contribution in [0.4, 0.5) is 5.69 Å². The van der Waals surface area contributed by atoms with Crippen molar-refractivity contribution in [3.05, 3.63) is 83.7 Å². The smallest absolute Gasteiger partial charge is 0.163 e. The van der Waals surface area contributed by atoms with E-state index in [9.17, 15) is 0 Å². The molecule has 0 aliphatic heterocycles. The highest BCUT2D eigenvalue weighted by Gasteiger charge is 2.17. The molecule has 0 amide bonds. The lowest BCUT2D eigenvalue weighted by Gasteiger charge is -2.18. The quantitative estimate of drug-likeness (QED) is 0.434. The van der Waals surface area contributed by atoms with Crippen LogP contribution in [0, 0.1) is 20.8 Å². The number of nitrogens with zero attached hydrogens (tertiary/aromatic N) is 4. The molecule has 30 heavy (non-hydrogen) atoms. The molecule has 0 aliphatic rings. The van der Waals surface area contributed by atoms with Gasteiger partial charge in [-0.1, -0.05) is 48.5 Å². The van der Waals surface area contributed by atoms with Crippen molar-refractivity contribution in [3.8, 4) is 33.9 Å². The van der Waals surface area contributed by atoms with Gasteiger partial charge < -0.3 is 4.90 Å². The van der Waals surface area contributed by atoms with Gasteiger partial charge in [0.1, 0.15) is 6.33 Å². The Morgan fingerprint density at radius 2 is 1.30 bits per heavy atom. The first-order valence-electron chi connectivity index (χ1n) is 10.1. The predicted octanol–water partition coefficient (Wildman–Crippen LogP) is 5.86. The molecule has 3 aromatic carbocycles. The maximum atomic E-state index is 4.81. The van der Waals surface area contributed by atoms with Gasteiger partial charge in [-0.3, -0.25) is 0 Å². The van der Waals surface area contributed by atoms with Crippen LogP contribution < -0.4 is 4.90 Å². The van der Waals surface area contributed by atoms with Gasteiger partial charge in [0.25, 0.3) is 0 Å². The van der Waals surface area contributed by atoms with Crippen molar-refractivity contribution in [2.45, 2.75) is 20.8 Å². The Morgan fingerprint density at radius 1 is 0.667 bits per heavy atom. The molecule has 1 heterocycles. The molecule has 0 bridgehead atoms. The van der Waals surface area contributed by atoms with Crippen molar-refractivity contribution in [2.24, 2.45) is 0 Å². The fraction of sp³-hybridized carbons (Fsp3) is 0.192. The minimum Gasteiger partial charge on any atom is -0.378 e.